The Balaban J connectivity index is 2.83. The fourth-order valence-electron chi connectivity index (χ4n) is 1.66. The highest BCUT2D eigenvalue weighted by molar-refractivity contribution is 5.23. The highest BCUT2D eigenvalue weighted by Crippen LogP contribution is 2.31. The summed E-state index contributed by atoms with van der Waals surface area (Å²) in [7, 11) is 1.63. The number of ether oxygens (including phenoxy) is 1. The van der Waals surface area contributed by atoms with Gasteiger partial charge < -0.3 is 9.84 Å². The van der Waals surface area contributed by atoms with E-state index in [9.17, 15) is 9.50 Å². The summed E-state index contributed by atoms with van der Waals surface area (Å²) in [5.74, 6) is -0.314. The smallest absolute Gasteiger partial charge is 0.123 e. The van der Waals surface area contributed by atoms with E-state index in [1.807, 2.05) is 6.92 Å². The molecule has 2 nitrogen and oxygen atoms in total. The third-order valence-corrected chi connectivity index (χ3v) is 3.12. The zero-order valence-corrected chi connectivity index (χ0v) is 10.0. The average molecular weight is 226 g/mol. The van der Waals surface area contributed by atoms with Gasteiger partial charge in [-0.1, -0.05) is 19.1 Å². The van der Waals surface area contributed by atoms with Crippen LogP contribution in [0, 0.1) is 11.7 Å². The highest BCUT2D eigenvalue weighted by atomic mass is 19.1. The number of benzene rings is 1. The molecule has 0 fully saturated rings. The quantitative estimate of drug-likeness (QED) is 0.836. The van der Waals surface area contributed by atoms with Crippen molar-refractivity contribution in [2.24, 2.45) is 5.92 Å². The molecule has 0 saturated carbocycles. The third-order valence-electron chi connectivity index (χ3n) is 3.12. The van der Waals surface area contributed by atoms with Crippen LogP contribution in [0.3, 0.4) is 0 Å². The summed E-state index contributed by atoms with van der Waals surface area (Å²) in [6, 6.07) is 6.11. The van der Waals surface area contributed by atoms with E-state index in [0.717, 1.165) is 6.42 Å². The Morgan fingerprint density at radius 1 is 1.50 bits per heavy atom. The molecule has 1 N–H and O–H groups in total. The van der Waals surface area contributed by atoms with E-state index in [4.69, 9.17) is 4.74 Å². The van der Waals surface area contributed by atoms with Crippen molar-refractivity contribution in [1.82, 2.24) is 0 Å². The molecule has 90 valence electrons. The normalized spacial score (nSPS) is 16.8. The van der Waals surface area contributed by atoms with Gasteiger partial charge >= 0.3 is 0 Å². The first-order valence-electron chi connectivity index (χ1n) is 5.46. The van der Waals surface area contributed by atoms with Gasteiger partial charge in [0.25, 0.3) is 0 Å². The molecular formula is C13H19FO2. The zero-order valence-electron chi connectivity index (χ0n) is 10.0. The molecule has 16 heavy (non-hydrogen) atoms. The molecule has 0 amide bonds. The van der Waals surface area contributed by atoms with Crippen LogP contribution >= 0.6 is 0 Å². The first-order valence-corrected chi connectivity index (χ1v) is 5.46. The topological polar surface area (TPSA) is 29.5 Å². The maximum Gasteiger partial charge on any atom is 0.123 e. The molecule has 0 bridgehead atoms. The van der Waals surface area contributed by atoms with Crippen molar-refractivity contribution in [2.45, 2.75) is 25.9 Å². The summed E-state index contributed by atoms with van der Waals surface area (Å²) in [6.45, 7) is 4.23. The standard InChI is InChI=1S/C13H19FO2/c1-10(7-8-16-3)13(2,15)11-5-4-6-12(14)9-11/h4-6,9-10,15H,7-8H2,1-3H3. The molecule has 0 aromatic heterocycles. The Hall–Kier alpha value is -0.930. The Morgan fingerprint density at radius 2 is 2.19 bits per heavy atom. The van der Waals surface area contributed by atoms with Crippen LogP contribution in [0.25, 0.3) is 0 Å². The first kappa shape index (κ1) is 13.1. The predicted molar refractivity (Wildman–Crippen MR) is 61.6 cm³/mol. The van der Waals surface area contributed by atoms with E-state index in [0.29, 0.717) is 12.2 Å². The lowest BCUT2D eigenvalue weighted by Gasteiger charge is -2.30. The zero-order chi connectivity index (χ0) is 12.2. The minimum Gasteiger partial charge on any atom is -0.385 e. The lowest BCUT2D eigenvalue weighted by Crippen LogP contribution is -2.30. The van der Waals surface area contributed by atoms with E-state index in [1.165, 1.54) is 12.1 Å². The van der Waals surface area contributed by atoms with Crippen LogP contribution in [0.2, 0.25) is 0 Å². The monoisotopic (exact) mass is 226 g/mol. The molecule has 0 aliphatic rings. The SMILES string of the molecule is COCCC(C)C(C)(O)c1cccc(F)c1. The second kappa shape index (κ2) is 5.41. The number of aliphatic hydroxyl groups is 1. The van der Waals surface area contributed by atoms with E-state index < -0.39 is 5.60 Å². The summed E-state index contributed by atoms with van der Waals surface area (Å²) in [4.78, 5) is 0. The van der Waals surface area contributed by atoms with Gasteiger partial charge in [0.05, 0.1) is 5.60 Å². The van der Waals surface area contributed by atoms with E-state index in [1.54, 1.807) is 26.2 Å². The molecule has 3 heteroatoms. The Bertz CT molecular complexity index is 336. The molecule has 2 unspecified atom stereocenters. The Labute approximate surface area is 96.1 Å². The van der Waals surface area contributed by atoms with Crippen LogP contribution in [0.5, 0.6) is 0 Å². The van der Waals surface area contributed by atoms with Crippen LogP contribution in [0.1, 0.15) is 25.8 Å². The number of methoxy groups -OCH3 is 1. The molecular weight excluding hydrogens is 207 g/mol. The van der Waals surface area contributed by atoms with Crippen LogP contribution in [-0.4, -0.2) is 18.8 Å². The molecule has 2 atom stereocenters. The molecule has 1 aromatic rings. The van der Waals surface area contributed by atoms with Crippen molar-refractivity contribution >= 4 is 0 Å². The maximum absolute atomic E-state index is 13.1. The van der Waals surface area contributed by atoms with Gasteiger partial charge in [0.2, 0.25) is 0 Å². The molecule has 1 aromatic carbocycles. The van der Waals surface area contributed by atoms with Gasteiger partial charge in [-0.3, -0.25) is 0 Å². The molecule has 0 aliphatic heterocycles. The van der Waals surface area contributed by atoms with Gasteiger partial charge in [-0.05, 0) is 37.0 Å². The lowest BCUT2D eigenvalue weighted by molar-refractivity contribution is -0.0109. The van der Waals surface area contributed by atoms with Crippen molar-refractivity contribution in [3.63, 3.8) is 0 Å². The second-order valence-corrected chi connectivity index (χ2v) is 4.34. The third kappa shape index (κ3) is 3.03. The molecule has 0 aliphatic carbocycles. The van der Waals surface area contributed by atoms with Crippen molar-refractivity contribution < 1.29 is 14.2 Å². The molecule has 0 radical (unpaired) electrons. The van der Waals surface area contributed by atoms with Gasteiger partial charge in [0, 0.05) is 13.7 Å². The predicted octanol–water partition coefficient (Wildman–Crippen LogP) is 2.71. The lowest BCUT2D eigenvalue weighted by atomic mass is 9.82. The van der Waals surface area contributed by atoms with Gasteiger partial charge in [-0.25, -0.2) is 4.39 Å². The number of rotatable bonds is 5. The number of hydrogen-bond acceptors (Lipinski definition) is 2. The summed E-state index contributed by atoms with van der Waals surface area (Å²) in [5, 5.41) is 10.4. The van der Waals surface area contributed by atoms with Crippen molar-refractivity contribution in [2.75, 3.05) is 13.7 Å². The van der Waals surface area contributed by atoms with Crippen LogP contribution in [0.4, 0.5) is 4.39 Å². The summed E-state index contributed by atoms with van der Waals surface area (Å²) in [5.41, 5.74) is -0.420. The first-order chi connectivity index (χ1) is 7.48. The van der Waals surface area contributed by atoms with Gasteiger partial charge in [-0.15, -0.1) is 0 Å². The van der Waals surface area contributed by atoms with Crippen molar-refractivity contribution in [1.29, 1.82) is 0 Å². The summed E-state index contributed by atoms with van der Waals surface area (Å²) in [6.07, 6.45) is 0.736. The van der Waals surface area contributed by atoms with Crippen LogP contribution in [0.15, 0.2) is 24.3 Å². The Morgan fingerprint density at radius 3 is 2.75 bits per heavy atom. The highest BCUT2D eigenvalue weighted by Gasteiger charge is 2.30. The van der Waals surface area contributed by atoms with Gasteiger partial charge in [0.15, 0.2) is 0 Å². The number of hydrogen-bond donors (Lipinski definition) is 1. The maximum atomic E-state index is 13.1. The minimum atomic E-state index is -1.03. The fourth-order valence-corrected chi connectivity index (χ4v) is 1.66. The minimum absolute atomic E-state index is 0.00856. The van der Waals surface area contributed by atoms with E-state index in [2.05, 4.69) is 0 Å². The Kier molecular flexibility index (Phi) is 4.44. The summed E-state index contributed by atoms with van der Waals surface area (Å²) < 4.78 is 18.1. The molecule has 0 saturated heterocycles. The molecule has 0 spiro atoms. The largest absolute Gasteiger partial charge is 0.385 e. The van der Waals surface area contributed by atoms with Crippen molar-refractivity contribution in [3.05, 3.63) is 35.6 Å². The van der Waals surface area contributed by atoms with Gasteiger partial charge in [0.1, 0.15) is 5.82 Å². The van der Waals surface area contributed by atoms with E-state index in [-0.39, 0.29) is 11.7 Å². The van der Waals surface area contributed by atoms with E-state index >= 15 is 0 Å². The molecule has 1 rings (SSSR count). The van der Waals surface area contributed by atoms with Crippen LogP contribution < -0.4 is 0 Å². The second-order valence-electron chi connectivity index (χ2n) is 4.34. The van der Waals surface area contributed by atoms with Gasteiger partial charge in [-0.2, -0.15) is 0 Å². The fraction of sp³-hybridized carbons (Fsp3) is 0.538. The van der Waals surface area contributed by atoms with Crippen molar-refractivity contribution in [3.8, 4) is 0 Å². The summed E-state index contributed by atoms with van der Waals surface area (Å²) >= 11 is 0. The number of halogens is 1. The average Bonchev–Trinajstić information content (AvgIpc) is 2.25. The molecule has 0 heterocycles. The van der Waals surface area contributed by atoms with Crippen LogP contribution in [-0.2, 0) is 10.3 Å².